The van der Waals surface area contributed by atoms with E-state index in [9.17, 15) is 33.9 Å². The van der Waals surface area contributed by atoms with Gasteiger partial charge in [0.2, 0.25) is 5.91 Å². The minimum absolute atomic E-state index is 0.0170. The number of rotatable bonds is 18. The van der Waals surface area contributed by atoms with E-state index < -0.39 is 28.6 Å². The van der Waals surface area contributed by atoms with Crippen molar-refractivity contribution in [3.05, 3.63) is 114 Å². The van der Waals surface area contributed by atoms with Gasteiger partial charge in [0.25, 0.3) is 5.56 Å². The molecule has 7 atom stereocenters. The van der Waals surface area contributed by atoms with E-state index >= 15 is 4.39 Å². The Bertz CT molecular complexity index is 3530. The van der Waals surface area contributed by atoms with Crippen LogP contribution in [0.4, 0.5) is 10.1 Å². The Balaban J connectivity index is 0.601. The topological polar surface area (TPSA) is 178 Å². The summed E-state index contributed by atoms with van der Waals surface area (Å²) in [6, 6.07) is 11.7. The molecule has 1 N–H and O–H groups in total. The summed E-state index contributed by atoms with van der Waals surface area (Å²) in [5.74, 6) is -0.620. The van der Waals surface area contributed by atoms with Gasteiger partial charge < -0.3 is 38.6 Å². The fraction of sp³-hybridized carbons (Fsp3) is 0.580. The van der Waals surface area contributed by atoms with Crippen LogP contribution in [-0.2, 0) is 63.4 Å². The molecule has 0 unspecified atom stereocenters. The van der Waals surface area contributed by atoms with E-state index in [0.29, 0.717) is 60.7 Å². The lowest BCUT2D eigenvalue weighted by Gasteiger charge is -2.55. The maximum absolute atomic E-state index is 15.5. The molecular formula is C69H84FN5O10. The second kappa shape index (κ2) is 23.1. The van der Waals surface area contributed by atoms with Gasteiger partial charge in [-0.2, -0.15) is 0 Å². The lowest BCUT2D eigenvalue weighted by molar-refractivity contribution is -0.182. The summed E-state index contributed by atoms with van der Waals surface area (Å²) in [5.41, 5.74) is 7.26. The number of carbonyl (C=O) groups excluding carboxylic acids is 5. The molecule has 15 nitrogen and oxygen atoms in total. The number of cyclic esters (lactones) is 1. The molecule has 85 heavy (non-hydrogen) atoms. The van der Waals surface area contributed by atoms with Crippen LogP contribution in [-0.4, -0.2) is 113 Å². The van der Waals surface area contributed by atoms with E-state index in [1.165, 1.54) is 60.2 Å². The molecule has 1 saturated heterocycles. The van der Waals surface area contributed by atoms with Gasteiger partial charge in [0, 0.05) is 73.6 Å². The van der Waals surface area contributed by atoms with Gasteiger partial charge in [0.05, 0.1) is 41.7 Å². The predicted octanol–water partition coefficient (Wildman–Crippen LogP) is 10.6. The summed E-state index contributed by atoms with van der Waals surface area (Å²) >= 11 is 0. The molecule has 0 bridgehead atoms. The smallest absolute Gasteiger partial charge is 0.343 e. The SMILES string of the molecule is CC[C@@]1(O)C(=O)OCc2c1cc1n(c2=O)Cc2c-1nc1cc(F)c(C)c3c1c2[C@@H](N(C)C(=O)COCC1CCN(CCCCCCCN(C)c2ccc([C@H]4C[C@@]5(C)[C@@H](CC[C@]5(OC(C)=O)C(C)=O)[C@@H]5CCC6=CC(=O)CCC6=C54)cc2)CC1)CC3. The molecular weight excluding hydrogens is 1080 g/mol. The lowest BCUT2D eigenvalue weighted by atomic mass is 9.50. The van der Waals surface area contributed by atoms with Crippen LogP contribution in [0.15, 0.2) is 64.0 Å². The van der Waals surface area contributed by atoms with Crippen LogP contribution in [0.3, 0.4) is 0 Å². The van der Waals surface area contributed by atoms with Gasteiger partial charge in [0.15, 0.2) is 22.8 Å². The molecule has 5 aliphatic carbocycles. The Morgan fingerprint density at radius 2 is 1.66 bits per heavy atom. The number of unbranched alkanes of at least 4 members (excludes halogenated alkanes) is 4. The highest BCUT2D eigenvalue weighted by molar-refractivity contribution is 5.95. The monoisotopic (exact) mass is 1160 g/mol. The summed E-state index contributed by atoms with van der Waals surface area (Å²) in [7, 11) is 3.96. The highest BCUT2D eigenvalue weighted by atomic mass is 19.1. The van der Waals surface area contributed by atoms with Crippen LogP contribution in [0.2, 0.25) is 0 Å². The van der Waals surface area contributed by atoms with Crippen molar-refractivity contribution in [3.63, 3.8) is 0 Å². The Labute approximate surface area is 498 Å². The maximum atomic E-state index is 15.5. The average Bonchev–Trinajstić information content (AvgIpc) is 1.66. The summed E-state index contributed by atoms with van der Waals surface area (Å²) in [6.07, 6.45) is 16.1. The van der Waals surface area contributed by atoms with E-state index in [-0.39, 0.29) is 90.0 Å². The van der Waals surface area contributed by atoms with E-state index in [1.54, 1.807) is 43.4 Å². The number of benzene rings is 2. The normalized spacial score (nSPS) is 26.9. The van der Waals surface area contributed by atoms with Gasteiger partial charge in [-0.25, -0.2) is 14.2 Å². The number of pyridine rings is 2. The Kier molecular flexibility index (Phi) is 16.0. The number of Topliss-reactive ketones (excluding diaryl/α,β-unsaturated/α-hetero) is 1. The number of fused-ring (bicyclic) bond motifs is 9. The Morgan fingerprint density at radius 3 is 2.40 bits per heavy atom. The number of aryl methyl sites for hydroxylation is 1. The third kappa shape index (κ3) is 10.1. The van der Waals surface area contributed by atoms with E-state index in [1.807, 2.05) is 6.08 Å². The van der Waals surface area contributed by atoms with Crippen molar-refractivity contribution in [3.8, 4) is 11.4 Å². The van der Waals surface area contributed by atoms with Crippen molar-refractivity contribution < 1.29 is 47.7 Å². The number of aliphatic hydroxyl groups is 1. The number of halogens is 1. The number of hydrogen-bond donors (Lipinski definition) is 1. The average molecular weight is 1160 g/mol. The first-order valence-electron chi connectivity index (χ1n) is 31.6. The molecule has 3 fully saturated rings. The van der Waals surface area contributed by atoms with Gasteiger partial charge in [-0.15, -0.1) is 0 Å². The molecule has 1 amide bonds. The summed E-state index contributed by atoms with van der Waals surface area (Å²) in [5, 5.41) is 12.3. The first-order valence-corrected chi connectivity index (χ1v) is 31.6. The number of ether oxygens (including phenoxy) is 3. The summed E-state index contributed by atoms with van der Waals surface area (Å²) in [4.78, 5) is 91.5. The fourth-order valence-electron chi connectivity index (χ4n) is 17.2. The van der Waals surface area contributed by atoms with Gasteiger partial charge in [-0.05, 0) is 192 Å². The first-order chi connectivity index (χ1) is 40.8. The molecule has 0 spiro atoms. The quantitative estimate of drug-likeness (QED) is 0.0648. The predicted molar refractivity (Wildman–Crippen MR) is 321 cm³/mol. The van der Waals surface area contributed by atoms with Crippen LogP contribution >= 0.6 is 0 Å². The fourth-order valence-corrected chi connectivity index (χ4v) is 17.2. The Hall–Kier alpha value is -6.36. The lowest BCUT2D eigenvalue weighted by Crippen LogP contribution is -2.57. The number of piperidine rings is 1. The van der Waals surface area contributed by atoms with Crippen molar-refractivity contribution in [2.45, 2.75) is 180 Å². The van der Waals surface area contributed by atoms with Crippen LogP contribution in [0.5, 0.6) is 0 Å². The maximum Gasteiger partial charge on any atom is 0.343 e. The first kappa shape index (κ1) is 59.0. The van der Waals surface area contributed by atoms with E-state index in [4.69, 9.17) is 19.2 Å². The number of anilines is 1. The van der Waals surface area contributed by atoms with Crippen molar-refractivity contribution >= 4 is 46.0 Å². The number of likely N-dealkylation sites (tertiary alicyclic amines) is 1. The molecule has 2 saturated carbocycles. The van der Waals surface area contributed by atoms with Crippen LogP contribution in [0.1, 0.15) is 181 Å². The third-order valence-electron chi connectivity index (χ3n) is 21.9. The molecule has 12 rings (SSSR count). The zero-order valence-electron chi connectivity index (χ0n) is 50.8. The summed E-state index contributed by atoms with van der Waals surface area (Å²) in [6.45, 7) is 13.1. The van der Waals surface area contributed by atoms with Crippen molar-refractivity contribution in [1.82, 2.24) is 19.4 Å². The number of ketones is 2. The zero-order chi connectivity index (χ0) is 59.9. The van der Waals surface area contributed by atoms with Gasteiger partial charge >= 0.3 is 11.9 Å². The number of likely N-dealkylation sites (N-methyl/N-ethyl adjacent to an activating group) is 1. The second-order valence-electron chi connectivity index (χ2n) is 26.5. The second-order valence-corrected chi connectivity index (χ2v) is 26.5. The molecule has 16 heteroatoms. The molecule has 3 aliphatic heterocycles. The molecule has 0 radical (unpaired) electrons. The van der Waals surface area contributed by atoms with Crippen molar-refractivity contribution in [2.75, 3.05) is 58.4 Å². The minimum Gasteiger partial charge on any atom is -0.458 e. The zero-order valence-corrected chi connectivity index (χ0v) is 50.8. The van der Waals surface area contributed by atoms with Gasteiger partial charge in [-0.3, -0.25) is 24.0 Å². The van der Waals surface area contributed by atoms with Gasteiger partial charge in [0.1, 0.15) is 19.0 Å². The molecule has 2 aromatic carbocycles. The largest absolute Gasteiger partial charge is 0.458 e. The number of carbonyl (C=O) groups is 5. The molecule has 452 valence electrons. The van der Waals surface area contributed by atoms with Crippen LogP contribution in [0.25, 0.3) is 22.3 Å². The molecule has 2 aromatic heterocycles. The number of nitrogens with zero attached hydrogens (tertiary/aromatic N) is 5. The third-order valence-corrected chi connectivity index (χ3v) is 21.9. The number of hydrogen-bond acceptors (Lipinski definition) is 13. The Morgan fingerprint density at radius 1 is 0.906 bits per heavy atom. The van der Waals surface area contributed by atoms with E-state index in [2.05, 4.69) is 48.0 Å². The van der Waals surface area contributed by atoms with Crippen LogP contribution < -0.4 is 10.5 Å². The molecule has 5 heterocycles. The minimum atomic E-state index is -1.98. The van der Waals surface area contributed by atoms with E-state index in [0.717, 1.165) is 106 Å². The summed E-state index contributed by atoms with van der Waals surface area (Å²) < 4.78 is 34.7. The number of allylic oxidation sites excluding steroid dienone is 4. The number of esters is 2. The van der Waals surface area contributed by atoms with Crippen molar-refractivity contribution in [2.24, 2.45) is 23.2 Å². The number of amides is 1. The molecule has 8 aliphatic rings. The standard InChI is InChI=1S/C69H84FN5O10/c1-8-68(82)55-33-59-64-52(36-75(59)65(80)53(55)38-84-66(68)81)63-58(23-22-48-40(2)56(70)34-57(71-64)62(48)63)73(7)60(79)39-83-37-43-25-30-74(31-26-43)29-13-11-9-10-12-28-72(6)46-17-14-44(15-18-46)51-35-67(5)54(24-27-69(67,41(3)76)85-42(4)77)50-20-16-45-32-47(78)19-21-49(45)61(50)51/h14-15,17-18,32-34,43,50-51,54,58,82H,8-13,16,19-31,35-39H2,1-7H3/t50-,51+,54-,58-,67-,68-,69-/m0/s1. The van der Waals surface area contributed by atoms with Crippen molar-refractivity contribution in [1.29, 1.82) is 0 Å². The van der Waals surface area contributed by atoms with Crippen LogP contribution in [0, 0.1) is 35.9 Å². The highest BCUT2D eigenvalue weighted by Crippen LogP contribution is 2.68. The molecule has 4 aromatic rings. The number of aromatic nitrogens is 2. The van der Waals surface area contributed by atoms with Gasteiger partial charge in [-0.1, -0.05) is 50.8 Å². The highest BCUT2D eigenvalue weighted by Gasteiger charge is 2.67.